The lowest BCUT2D eigenvalue weighted by Crippen LogP contribution is -2.63. The van der Waals surface area contributed by atoms with Crippen LogP contribution in [0.15, 0.2) is 91.0 Å². The van der Waals surface area contributed by atoms with E-state index in [0.29, 0.717) is 6.61 Å². The molecule has 1 aliphatic rings. The molecule has 0 radical (unpaired) electrons. The smallest absolute Gasteiger partial charge is 0.334 e. The van der Waals surface area contributed by atoms with Crippen molar-refractivity contribution in [2.45, 2.75) is 17.7 Å². The molecule has 0 saturated carbocycles. The van der Waals surface area contributed by atoms with Crippen molar-refractivity contribution in [1.82, 2.24) is 5.32 Å². The van der Waals surface area contributed by atoms with E-state index in [-0.39, 0.29) is 6.04 Å². The highest BCUT2D eigenvalue weighted by Crippen LogP contribution is 2.38. The lowest BCUT2D eigenvalue weighted by atomic mass is 9.76. The van der Waals surface area contributed by atoms with Crippen molar-refractivity contribution in [3.63, 3.8) is 0 Å². The molecule has 2 atom stereocenters. The van der Waals surface area contributed by atoms with Gasteiger partial charge in [-0.1, -0.05) is 91.0 Å². The summed E-state index contributed by atoms with van der Waals surface area (Å²) >= 11 is 0. The van der Waals surface area contributed by atoms with Gasteiger partial charge in [0, 0.05) is 0 Å². The molecule has 0 amide bonds. The zero-order valence-electron chi connectivity index (χ0n) is 14.8. The summed E-state index contributed by atoms with van der Waals surface area (Å²) < 4.78 is 5.30. The third kappa shape index (κ3) is 3.14. The maximum Gasteiger partial charge on any atom is 0.334 e. The molecule has 4 rings (SSSR count). The van der Waals surface area contributed by atoms with Gasteiger partial charge in [0.2, 0.25) is 0 Å². The van der Waals surface area contributed by atoms with Crippen LogP contribution in [0.1, 0.15) is 16.7 Å². The molecule has 1 saturated heterocycles. The van der Waals surface area contributed by atoms with E-state index in [1.54, 1.807) is 0 Å². The summed E-state index contributed by atoms with van der Waals surface area (Å²) in [7, 11) is 0. The lowest BCUT2D eigenvalue weighted by molar-refractivity contribution is -0.170. The first-order valence-corrected chi connectivity index (χ1v) is 9.00. The van der Waals surface area contributed by atoms with Crippen molar-refractivity contribution in [2.24, 2.45) is 0 Å². The molecular weight excluding hydrogens is 338 g/mol. The predicted molar refractivity (Wildman–Crippen MR) is 104 cm³/mol. The van der Waals surface area contributed by atoms with Gasteiger partial charge in [-0.3, -0.25) is 5.32 Å². The minimum absolute atomic E-state index is 0.289. The highest BCUT2D eigenvalue weighted by atomic mass is 16.5. The zero-order chi connectivity index (χ0) is 18.7. The van der Waals surface area contributed by atoms with E-state index in [0.717, 1.165) is 16.7 Å². The summed E-state index contributed by atoms with van der Waals surface area (Å²) in [5.41, 5.74) is 2.49. The third-order valence-corrected chi connectivity index (χ3v) is 5.09. The summed E-state index contributed by atoms with van der Waals surface area (Å²) in [4.78, 5) is 11.5. The van der Waals surface area contributed by atoms with E-state index in [1.807, 2.05) is 54.6 Å². The average Bonchev–Trinajstić information content (AvgIpc) is 2.70. The summed E-state index contributed by atoms with van der Waals surface area (Å²) in [6.07, 6.45) is -0.847. The molecule has 2 N–H and O–H groups in total. The number of hydrogen-bond acceptors (Lipinski definition) is 3. The first-order chi connectivity index (χ1) is 13.2. The van der Waals surface area contributed by atoms with Crippen LogP contribution >= 0.6 is 0 Å². The Kier molecular flexibility index (Phi) is 4.75. The fourth-order valence-corrected chi connectivity index (χ4v) is 3.74. The van der Waals surface area contributed by atoms with Crippen LogP contribution in [0.25, 0.3) is 0 Å². The predicted octanol–water partition coefficient (Wildman–Crippen LogP) is 3.42. The second-order valence-corrected chi connectivity index (χ2v) is 6.69. The molecular formula is C23H21NO3. The van der Waals surface area contributed by atoms with Crippen LogP contribution in [0.4, 0.5) is 0 Å². The number of carboxylic acids is 1. The number of carbonyl (C=O) groups is 1. The maximum absolute atomic E-state index is 11.5. The Morgan fingerprint density at radius 1 is 0.815 bits per heavy atom. The molecule has 4 heteroatoms. The first-order valence-electron chi connectivity index (χ1n) is 9.00. The van der Waals surface area contributed by atoms with Crippen molar-refractivity contribution in [2.75, 3.05) is 6.61 Å². The number of aliphatic carboxylic acids is 1. The van der Waals surface area contributed by atoms with E-state index >= 15 is 0 Å². The Morgan fingerprint density at radius 3 is 1.52 bits per heavy atom. The molecule has 136 valence electrons. The minimum Gasteiger partial charge on any atom is -0.479 e. The summed E-state index contributed by atoms with van der Waals surface area (Å²) in [6.45, 7) is 0.366. The highest BCUT2D eigenvalue weighted by Gasteiger charge is 2.45. The molecule has 1 aliphatic heterocycles. The molecule has 27 heavy (non-hydrogen) atoms. The molecule has 0 bridgehead atoms. The Hall–Kier alpha value is -2.95. The number of benzene rings is 3. The summed E-state index contributed by atoms with van der Waals surface area (Å²) in [6, 6.07) is 30.1. The topological polar surface area (TPSA) is 58.6 Å². The Balaban J connectivity index is 1.91. The maximum atomic E-state index is 11.5. The number of hydrogen-bond donors (Lipinski definition) is 2. The van der Waals surface area contributed by atoms with Crippen molar-refractivity contribution >= 4 is 5.97 Å². The van der Waals surface area contributed by atoms with E-state index in [9.17, 15) is 9.90 Å². The van der Waals surface area contributed by atoms with Gasteiger partial charge >= 0.3 is 5.97 Å². The van der Waals surface area contributed by atoms with Crippen LogP contribution in [-0.2, 0) is 15.1 Å². The van der Waals surface area contributed by atoms with Crippen molar-refractivity contribution in [1.29, 1.82) is 0 Å². The van der Waals surface area contributed by atoms with E-state index < -0.39 is 17.6 Å². The fourth-order valence-electron chi connectivity index (χ4n) is 3.74. The Labute approximate surface area is 158 Å². The zero-order valence-corrected chi connectivity index (χ0v) is 14.8. The van der Waals surface area contributed by atoms with Gasteiger partial charge in [0.1, 0.15) is 0 Å². The van der Waals surface area contributed by atoms with Crippen molar-refractivity contribution in [3.8, 4) is 0 Å². The molecule has 3 aromatic carbocycles. The van der Waals surface area contributed by atoms with Gasteiger partial charge in [0.25, 0.3) is 0 Å². The van der Waals surface area contributed by atoms with Gasteiger partial charge in [0.15, 0.2) is 6.10 Å². The van der Waals surface area contributed by atoms with Crippen LogP contribution in [0.5, 0.6) is 0 Å². The van der Waals surface area contributed by atoms with Gasteiger partial charge in [-0.05, 0) is 16.7 Å². The minimum atomic E-state index is -0.943. The SMILES string of the molecule is O=C(O)[C@H]1OC[C@@H]1NC(c1ccccc1)(c1ccccc1)c1ccccc1. The fraction of sp³-hybridized carbons (Fsp3) is 0.174. The van der Waals surface area contributed by atoms with Crippen molar-refractivity contribution < 1.29 is 14.6 Å². The van der Waals surface area contributed by atoms with E-state index in [1.165, 1.54) is 0 Å². The molecule has 1 heterocycles. The van der Waals surface area contributed by atoms with Crippen LogP contribution in [0.2, 0.25) is 0 Å². The van der Waals surface area contributed by atoms with Crippen LogP contribution in [0, 0.1) is 0 Å². The van der Waals surface area contributed by atoms with Crippen LogP contribution < -0.4 is 5.32 Å². The normalized spacial score (nSPS) is 19.3. The standard InChI is InChI=1S/C23H21NO3/c25-22(26)21-20(16-27-21)24-23(17-10-4-1-5-11-17,18-12-6-2-7-13-18)19-14-8-3-9-15-19/h1-15,20-21,24H,16H2,(H,25,26)/t20-,21-/m0/s1. The van der Waals surface area contributed by atoms with Gasteiger partial charge in [-0.25, -0.2) is 4.79 Å². The molecule has 0 aliphatic carbocycles. The van der Waals surface area contributed by atoms with Gasteiger partial charge < -0.3 is 9.84 Å². The Bertz CT molecular complexity index is 800. The summed E-state index contributed by atoms with van der Waals surface area (Å²) in [5.74, 6) is -0.943. The molecule has 0 unspecified atom stereocenters. The third-order valence-electron chi connectivity index (χ3n) is 5.09. The second-order valence-electron chi connectivity index (χ2n) is 6.69. The monoisotopic (exact) mass is 359 g/mol. The Morgan fingerprint density at radius 2 is 1.22 bits per heavy atom. The largest absolute Gasteiger partial charge is 0.479 e. The van der Waals surface area contributed by atoms with Crippen LogP contribution in [-0.4, -0.2) is 29.8 Å². The quantitative estimate of drug-likeness (QED) is 0.662. The van der Waals surface area contributed by atoms with Gasteiger partial charge in [-0.2, -0.15) is 0 Å². The van der Waals surface area contributed by atoms with E-state index in [2.05, 4.69) is 41.7 Å². The molecule has 1 fully saturated rings. The number of carboxylic acid groups (broad SMARTS) is 1. The second kappa shape index (κ2) is 7.35. The molecule has 0 spiro atoms. The molecule has 0 aromatic heterocycles. The highest BCUT2D eigenvalue weighted by molar-refractivity contribution is 5.74. The number of nitrogens with one attached hydrogen (secondary N) is 1. The number of ether oxygens (including phenoxy) is 1. The summed E-state index contributed by atoms with van der Waals surface area (Å²) in [5, 5.41) is 13.1. The van der Waals surface area contributed by atoms with Crippen LogP contribution in [0.3, 0.4) is 0 Å². The number of rotatable bonds is 6. The molecule has 3 aromatic rings. The molecule has 4 nitrogen and oxygen atoms in total. The van der Waals surface area contributed by atoms with Gasteiger partial charge in [-0.15, -0.1) is 0 Å². The van der Waals surface area contributed by atoms with E-state index in [4.69, 9.17) is 4.74 Å². The first kappa shape index (κ1) is 17.5. The van der Waals surface area contributed by atoms with Gasteiger partial charge in [0.05, 0.1) is 18.2 Å². The van der Waals surface area contributed by atoms with Crippen molar-refractivity contribution in [3.05, 3.63) is 108 Å². The average molecular weight is 359 g/mol. The lowest BCUT2D eigenvalue weighted by Gasteiger charge is -2.44.